The first-order valence-corrected chi connectivity index (χ1v) is 10.4. The van der Waals surface area contributed by atoms with Gasteiger partial charge in [0, 0.05) is 58.8 Å². The number of pyridine rings is 2. The Labute approximate surface area is 175 Å². The second kappa shape index (κ2) is 7.22. The molecule has 6 heteroatoms. The van der Waals surface area contributed by atoms with Gasteiger partial charge < -0.3 is 10.3 Å². The Hall–Kier alpha value is -3.25. The fourth-order valence-electron chi connectivity index (χ4n) is 4.32. The minimum atomic E-state index is -0.182. The van der Waals surface area contributed by atoms with Crippen LogP contribution in [0.15, 0.2) is 55.0 Å². The summed E-state index contributed by atoms with van der Waals surface area (Å²) < 4.78 is 0. The van der Waals surface area contributed by atoms with E-state index in [4.69, 9.17) is 0 Å². The number of nitrogens with one attached hydrogen (secondary N) is 2. The van der Waals surface area contributed by atoms with Crippen molar-refractivity contribution in [1.82, 2.24) is 19.9 Å². The van der Waals surface area contributed by atoms with Gasteiger partial charge in [0.25, 0.3) is 5.91 Å². The van der Waals surface area contributed by atoms with E-state index in [1.54, 1.807) is 12.4 Å². The zero-order valence-electron chi connectivity index (χ0n) is 17.3. The number of amides is 1. The quantitative estimate of drug-likeness (QED) is 0.520. The number of benzene rings is 1. The summed E-state index contributed by atoms with van der Waals surface area (Å²) in [6.07, 6.45) is 7.80. The molecule has 1 amide bonds. The van der Waals surface area contributed by atoms with Gasteiger partial charge in [0.05, 0.1) is 5.52 Å². The molecule has 0 bridgehead atoms. The number of carbonyl (C=O) groups is 1. The van der Waals surface area contributed by atoms with Gasteiger partial charge in [0.2, 0.25) is 0 Å². The minimum absolute atomic E-state index is 0.182. The highest BCUT2D eigenvalue weighted by atomic mass is 16.1. The maximum Gasteiger partial charge on any atom is 0.256 e. The van der Waals surface area contributed by atoms with Crippen LogP contribution in [0.2, 0.25) is 0 Å². The monoisotopic (exact) mass is 399 g/mol. The topological polar surface area (TPSA) is 73.9 Å². The average molecular weight is 399 g/mol. The Bertz CT molecular complexity index is 1240. The van der Waals surface area contributed by atoms with E-state index in [2.05, 4.69) is 45.1 Å². The van der Waals surface area contributed by atoms with Crippen LogP contribution in [0.5, 0.6) is 0 Å². The van der Waals surface area contributed by atoms with Crippen LogP contribution in [-0.4, -0.2) is 37.8 Å². The van der Waals surface area contributed by atoms with Crippen LogP contribution in [0.3, 0.4) is 0 Å². The molecule has 1 aliphatic rings. The predicted molar refractivity (Wildman–Crippen MR) is 120 cm³/mol. The second-order valence-electron chi connectivity index (χ2n) is 8.68. The zero-order valence-corrected chi connectivity index (χ0v) is 17.3. The lowest BCUT2D eigenvalue weighted by Crippen LogP contribution is -2.37. The fourth-order valence-corrected chi connectivity index (χ4v) is 4.32. The van der Waals surface area contributed by atoms with Crippen molar-refractivity contribution in [3.8, 4) is 0 Å². The number of nitrogens with zero attached hydrogens (tertiary/aromatic N) is 3. The lowest BCUT2D eigenvalue weighted by molar-refractivity contribution is 0.102. The number of anilines is 1. The number of hydrogen-bond acceptors (Lipinski definition) is 4. The molecule has 0 radical (unpaired) electrons. The summed E-state index contributed by atoms with van der Waals surface area (Å²) in [4.78, 5) is 27.3. The van der Waals surface area contributed by atoms with Crippen LogP contribution in [0.25, 0.3) is 21.7 Å². The minimum Gasteiger partial charge on any atom is -0.357 e. The van der Waals surface area contributed by atoms with Gasteiger partial charge in [-0.05, 0) is 62.9 Å². The van der Waals surface area contributed by atoms with Gasteiger partial charge in [-0.15, -0.1) is 0 Å². The Morgan fingerprint density at radius 3 is 2.87 bits per heavy atom. The van der Waals surface area contributed by atoms with E-state index in [9.17, 15) is 4.79 Å². The Kier molecular flexibility index (Phi) is 4.51. The zero-order chi connectivity index (χ0) is 20.7. The molecule has 0 saturated carbocycles. The van der Waals surface area contributed by atoms with Gasteiger partial charge in [-0.25, -0.2) is 4.98 Å². The molecule has 0 spiro atoms. The highest BCUT2D eigenvalue weighted by molar-refractivity contribution is 6.06. The second-order valence-corrected chi connectivity index (χ2v) is 8.68. The van der Waals surface area contributed by atoms with E-state index in [-0.39, 0.29) is 11.4 Å². The van der Waals surface area contributed by atoms with E-state index in [1.807, 2.05) is 36.5 Å². The molecule has 1 saturated heterocycles. The molecule has 3 aromatic heterocycles. The number of carbonyl (C=O) groups excluding carboxylic acids is 1. The number of rotatable bonds is 4. The van der Waals surface area contributed by atoms with Gasteiger partial charge in [0.1, 0.15) is 5.82 Å². The maximum absolute atomic E-state index is 12.7. The Morgan fingerprint density at radius 2 is 2.03 bits per heavy atom. The van der Waals surface area contributed by atoms with Crippen molar-refractivity contribution in [2.45, 2.75) is 38.8 Å². The summed E-state index contributed by atoms with van der Waals surface area (Å²) in [5.74, 6) is 0.354. The predicted octanol–water partition coefficient (Wildman–Crippen LogP) is 4.74. The van der Waals surface area contributed by atoms with Crippen molar-refractivity contribution in [1.29, 1.82) is 0 Å². The highest BCUT2D eigenvalue weighted by Crippen LogP contribution is 2.30. The molecule has 1 fully saturated rings. The number of H-pyrrole nitrogens is 1. The molecule has 1 aromatic carbocycles. The number of fused-ring (bicyclic) bond motifs is 2. The number of aromatic amines is 1. The average Bonchev–Trinajstić information content (AvgIpc) is 3.29. The normalized spacial score (nSPS) is 16.3. The Morgan fingerprint density at radius 1 is 1.13 bits per heavy atom. The van der Waals surface area contributed by atoms with E-state index >= 15 is 0 Å². The summed E-state index contributed by atoms with van der Waals surface area (Å²) in [5.41, 5.74) is 2.98. The van der Waals surface area contributed by atoms with Crippen LogP contribution >= 0.6 is 0 Å². The third-order valence-corrected chi connectivity index (χ3v) is 6.14. The lowest BCUT2D eigenvalue weighted by Gasteiger charge is -2.31. The van der Waals surface area contributed by atoms with Crippen molar-refractivity contribution >= 4 is 33.4 Å². The van der Waals surface area contributed by atoms with Crippen molar-refractivity contribution in [2.75, 3.05) is 11.9 Å². The van der Waals surface area contributed by atoms with E-state index in [0.717, 1.165) is 34.8 Å². The molecule has 0 unspecified atom stereocenters. The largest absolute Gasteiger partial charge is 0.357 e. The molecular formula is C24H25N5O. The molecule has 4 aromatic rings. The molecule has 0 atom stereocenters. The van der Waals surface area contributed by atoms with Crippen molar-refractivity contribution < 1.29 is 4.79 Å². The van der Waals surface area contributed by atoms with Crippen LogP contribution in [0, 0.1) is 0 Å². The third-order valence-electron chi connectivity index (χ3n) is 6.14. The van der Waals surface area contributed by atoms with Crippen LogP contribution in [-0.2, 0) is 6.54 Å². The van der Waals surface area contributed by atoms with E-state index < -0.39 is 0 Å². The summed E-state index contributed by atoms with van der Waals surface area (Å²) in [6.45, 7) is 6.64. The number of aromatic nitrogens is 3. The Balaban J connectivity index is 1.35. The fraction of sp³-hybridized carbons (Fsp3) is 0.292. The van der Waals surface area contributed by atoms with Gasteiger partial charge in [0.15, 0.2) is 0 Å². The van der Waals surface area contributed by atoms with E-state index in [0.29, 0.717) is 11.4 Å². The number of hydrogen-bond donors (Lipinski definition) is 2. The summed E-state index contributed by atoms with van der Waals surface area (Å²) in [6, 6.07) is 11.6. The summed E-state index contributed by atoms with van der Waals surface area (Å²) in [7, 11) is 0. The molecule has 5 rings (SSSR count). The van der Waals surface area contributed by atoms with Gasteiger partial charge in [-0.3, -0.25) is 14.7 Å². The molecule has 6 nitrogen and oxygen atoms in total. The molecule has 2 N–H and O–H groups in total. The van der Waals surface area contributed by atoms with Crippen molar-refractivity contribution in [2.24, 2.45) is 0 Å². The van der Waals surface area contributed by atoms with Gasteiger partial charge >= 0.3 is 0 Å². The SMILES string of the molecule is CC1(C)CCCN1Cc1cc2cnc(NC(=O)c3ccc4ccncc4c3)cc2[nH]1. The molecular weight excluding hydrogens is 374 g/mol. The van der Waals surface area contributed by atoms with Gasteiger partial charge in [-0.1, -0.05) is 6.07 Å². The molecule has 152 valence electrons. The molecule has 0 aliphatic carbocycles. The summed E-state index contributed by atoms with van der Waals surface area (Å²) >= 11 is 0. The standard InChI is InChI=1S/C24H25N5O/c1-24(2)7-3-9-29(24)15-20-11-19-14-26-22(12-21(19)27-20)28-23(30)17-5-4-16-6-8-25-13-18(16)10-17/h4-6,8,10-14,27H,3,7,9,15H2,1-2H3,(H,26,28,30). The van der Waals surface area contributed by atoms with Crippen molar-refractivity contribution in [3.63, 3.8) is 0 Å². The third kappa shape index (κ3) is 3.55. The van der Waals surface area contributed by atoms with E-state index in [1.165, 1.54) is 18.5 Å². The lowest BCUT2D eigenvalue weighted by atomic mass is 10.0. The molecule has 4 heterocycles. The first-order valence-electron chi connectivity index (χ1n) is 10.4. The molecule has 30 heavy (non-hydrogen) atoms. The first kappa shape index (κ1) is 18.8. The molecule has 1 aliphatic heterocycles. The highest BCUT2D eigenvalue weighted by Gasteiger charge is 2.31. The van der Waals surface area contributed by atoms with Crippen LogP contribution < -0.4 is 5.32 Å². The smallest absolute Gasteiger partial charge is 0.256 e. The van der Waals surface area contributed by atoms with Crippen LogP contribution in [0.4, 0.5) is 5.82 Å². The number of likely N-dealkylation sites (tertiary alicyclic amines) is 1. The first-order chi connectivity index (χ1) is 14.5. The summed E-state index contributed by atoms with van der Waals surface area (Å²) in [5, 5.41) is 5.96. The maximum atomic E-state index is 12.7. The van der Waals surface area contributed by atoms with Crippen molar-refractivity contribution in [3.05, 3.63) is 66.2 Å². The van der Waals surface area contributed by atoms with Crippen LogP contribution in [0.1, 0.15) is 42.7 Å². The van der Waals surface area contributed by atoms with Gasteiger partial charge in [-0.2, -0.15) is 0 Å².